The molecule has 0 spiro atoms. The van der Waals surface area contributed by atoms with Gasteiger partial charge in [-0.2, -0.15) is 5.10 Å². The Labute approximate surface area is 119 Å². The average molecular weight is 273 g/mol. The molecule has 0 aliphatic carbocycles. The Morgan fingerprint density at radius 2 is 2.05 bits per heavy atom. The Morgan fingerprint density at radius 1 is 1.30 bits per heavy atom. The maximum atomic E-state index is 9.88. The smallest absolute Gasteiger partial charge is 0.0709 e. The van der Waals surface area contributed by atoms with E-state index in [-0.39, 0.29) is 12.0 Å². The van der Waals surface area contributed by atoms with Crippen molar-refractivity contribution in [3.8, 4) is 0 Å². The van der Waals surface area contributed by atoms with Crippen LogP contribution in [0, 0.1) is 5.41 Å². The number of aliphatic hydroxyl groups is 1. The normalized spacial score (nSPS) is 18.5. The summed E-state index contributed by atoms with van der Waals surface area (Å²) in [6, 6.07) is 8.41. The SMILES string of the molecule is CCn1nc(CC2(CO)CCNCC2)c2ccccc21. The summed E-state index contributed by atoms with van der Waals surface area (Å²) >= 11 is 0. The molecule has 1 fully saturated rings. The van der Waals surface area contributed by atoms with Crippen LogP contribution in [0.2, 0.25) is 0 Å². The first-order valence-corrected chi connectivity index (χ1v) is 7.54. The molecule has 2 heterocycles. The molecule has 4 nitrogen and oxygen atoms in total. The molecule has 2 N–H and O–H groups in total. The lowest BCUT2D eigenvalue weighted by atomic mass is 9.75. The number of nitrogens with one attached hydrogen (secondary N) is 1. The van der Waals surface area contributed by atoms with Crippen molar-refractivity contribution in [1.82, 2.24) is 15.1 Å². The molecule has 0 saturated carbocycles. The Morgan fingerprint density at radius 3 is 2.75 bits per heavy atom. The van der Waals surface area contributed by atoms with Gasteiger partial charge in [0.15, 0.2) is 0 Å². The zero-order valence-corrected chi connectivity index (χ0v) is 12.1. The van der Waals surface area contributed by atoms with Gasteiger partial charge in [0.05, 0.1) is 11.2 Å². The van der Waals surface area contributed by atoms with Gasteiger partial charge >= 0.3 is 0 Å². The zero-order valence-electron chi connectivity index (χ0n) is 12.1. The van der Waals surface area contributed by atoms with Crippen LogP contribution in [0.4, 0.5) is 0 Å². The van der Waals surface area contributed by atoms with Crippen LogP contribution in [0.15, 0.2) is 24.3 Å². The van der Waals surface area contributed by atoms with Crippen molar-refractivity contribution < 1.29 is 5.11 Å². The van der Waals surface area contributed by atoms with Gasteiger partial charge in [0.25, 0.3) is 0 Å². The lowest BCUT2D eigenvalue weighted by molar-refractivity contribution is 0.0885. The second kappa shape index (κ2) is 5.54. The maximum absolute atomic E-state index is 9.88. The van der Waals surface area contributed by atoms with E-state index in [0.29, 0.717) is 0 Å². The largest absolute Gasteiger partial charge is 0.396 e. The molecule has 3 rings (SSSR count). The highest BCUT2D eigenvalue weighted by molar-refractivity contribution is 5.82. The van der Waals surface area contributed by atoms with Crippen molar-refractivity contribution in [2.75, 3.05) is 19.7 Å². The number of piperidine rings is 1. The van der Waals surface area contributed by atoms with Gasteiger partial charge < -0.3 is 10.4 Å². The van der Waals surface area contributed by atoms with Crippen LogP contribution in [0.1, 0.15) is 25.5 Å². The summed E-state index contributed by atoms with van der Waals surface area (Å²) in [5.41, 5.74) is 2.34. The molecule has 1 aromatic carbocycles. The zero-order chi connectivity index (χ0) is 14.0. The van der Waals surface area contributed by atoms with Gasteiger partial charge in [-0.1, -0.05) is 18.2 Å². The highest BCUT2D eigenvalue weighted by Crippen LogP contribution is 2.34. The van der Waals surface area contributed by atoms with Crippen LogP contribution in [0.25, 0.3) is 10.9 Å². The van der Waals surface area contributed by atoms with Gasteiger partial charge in [-0.05, 0) is 38.9 Å². The quantitative estimate of drug-likeness (QED) is 0.895. The van der Waals surface area contributed by atoms with Gasteiger partial charge in [0.2, 0.25) is 0 Å². The number of nitrogens with zero attached hydrogens (tertiary/aromatic N) is 2. The Hall–Kier alpha value is -1.39. The molecule has 1 aromatic heterocycles. The van der Waals surface area contributed by atoms with Crippen LogP contribution < -0.4 is 5.32 Å². The summed E-state index contributed by atoms with van der Waals surface area (Å²) < 4.78 is 2.07. The number of hydrogen-bond donors (Lipinski definition) is 2. The van der Waals surface area contributed by atoms with Crippen molar-refractivity contribution in [2.45, 2.75) is 32.7 Å². The molecule has 0 atom stereocenters. The van der Waals surface area contributed by atoms with Crippen molar-refractivity contribution in [3.63, 3.8) is 0 Å². The Bertz CT molecular complexity index is 584. The summed E-state index contributed by atoms with van der Waals surface area (Å²) in [4.78, 5) is 0. The third-order valence-corrected chi connectivity index (χ3v) is 4.58. The van der Waals surface area contributed by atoms with Gasteiger partial charge in [-0.25, -0.2) is 0 Å². The predicted octanol–water partition coefficient (Wildman–Crippen LogP) is 1.96. The summed E-state index contributed by atoms with van der Waals surface area (Å²) in [7, 11) is 0. The first kappa shape index (κ1) is 13.6. The fourth-order valence-corrected chi connectivity index (χ4v) is 3.27. The number of hydrogen-bond acceptors (Lipinski definition) is 3. The van der Waals surface area contributed by atoms with E-state index in [0.717, 1.165) is 44.6 Å². The number of aryl methyl sites for hydroxylation is 1. The van der Waals surface area contributed by atoms with Crippen LogP contribution in [0.3, 0.4) is 0 Å². The van der Waals surface area contributed by atoms with Crippen molar-refractivity contribution in [1.29, 1.82) is 0 Å². The predicted molar refractivity (Wildman–Crippen MR) is 80.7 cm³/mol. The first-order chi connectivity index (χ1) is 9.78. The summed E-state index contributed by atoms with van der Waals surface area (Å²) in [6.07, 6.45) is 2.92. The molecular weight excluding hydrogens is 250 g/mol. The van der Waals surface area contributed by atoms with Crippen molar-refractivity contribution in [2.24, 2.45) is 5.41 Å². The number of para-hydroxylation sites is 1. The first-order valence-electron chi connectivity index (χ1n) is 7.54. The molecule has 0 amide bonds. The second-order valence-electron chi connectivity index (χ2n) is 5.86. The minimum atomic E-state index is 0.000939. The Balaban J connectivity index is 1.97. The fourth-order valence-electron chi connectivity index (χ4n) is 3.27. The Kier molecular flexibility index (Phi) is 3.76. The molecule has 0 bridgehead atoms. The van der Waals surface area contributed by atoms with E-state index in [4.69, 9.17) is 5.10 Å². The fraction of sp³-hybridized carbons (Fsp3) is 0.562. The van der Waals surface area contributed by atoms with Crippen LogP contribution in [-0.2, 0) is 13.0 Å². The average Bonchev–Trinajstić information content (AvgIpc) is 2.86. The molecule has 0 radical (unpaired) electrons. The van der Waals surface area contributed by atoms with E-state index in [1.807, 2.05) is 0 Å². The van der Waals surface area contributed by atoms with Crippen LogP contribution in [0.5, 0.6) is 0 Å². The molecule has 1 saturated heterocycles. The van der Waals surface area contributed by atoms with E-state index < -0.39 is 0 Å². The molecule has 0 unspecified atom stereocenters. The van der Waals surface area contributed by atoms with Gasteiger partial charge in [0, 0.05) is 30.4 Å². The third kappa shape index (κ3) is 2.34. The molecule has 1 aliphatic rings. The molecule has 20 heavy (non-hydrogen) atoms. The number of fused-ring (bicyclic) bond motifs is 1. The lowest BCUT2D eigenvalue weighted by Crippen LogP contribution is -2.40. The van der Waals surface area contributed by atoms with Gasteiger partial charge in [-0.3, -0.25) is 4.68 Å². The van der Waals surface area contributed by atoms with E-state index in [1.165, 1.54) is 10.9 Å². The summed E-state index contributed by atoms with van der Waals surface area (Å²) in [6.45, 7) is 5.24. The van der Waals surface area contributed by atoms with E-state index in [1.54, 1.807) is 0 Å². The highest BCUT2D eigenvalue weighted by Gasteiger charge is 2.33. The highest BCUT2D eigenvalue weighted by atomic mass is 16.3. The molecular formula is C16H23N3O. The number of benzene rings is 1. The topological polar surface area (TPSA) is 50.1 Å². The van der Waals surface area contributed by atoms with Crippen molar-refractivity contribution in [3.05, 3.63) is 30.0 Å². The molecule has 2 aromatic rings. The lowest BCUT2D eigenvalue weighted by Gasteiger charge is -2.35. The van der Waals surface area contributed by atoms with Gasteiger partial charge in [-0.15, -0.1) is 0 Å². The number of rotatable bonds is 4. The van der Waals surface area contributed by atoms with Crippen molar-refractivity contribution >= 4 is 10.9 Å². The molecule has 108 valence electrons. The van der Waals surface area contributed by atoms with Crippen LogP contribution >= 0.6 is 0 Å². The summed E-state index contributed by atoms with van der Waals surface area (Å²) in [5, 5.41) is 19.3. The van der Waals surface area contributed by atoms with E-state index >= 15 is 0 Å². The second-order valence-corrected chi connectivity index (χ2v) is 5.86. The number of aliphatic hydroxyl groups excluding tert-OH is 1. The monoisotopic (exact) mass is 273 g/mol. The van der Waals surface area contributed by atoms with E-state index in [9.17, 15) is 5.11 Å². The third-order valence-electron chi connectivity index (χ3n) is 4.58. The number of aromatic nitrogens is 2. The summed E-state index contributed by atoms with van der Waals surface area (Å²) in [5.74, 6) is 0. The maximum Gasteiger partial charge on any atom is 0.0709 e. The van der Waals surface area contributed by atoms with Gasteiger partial charge in [0.1, 0.15) is 0 Å². The molecule has 4 heteroatoms. The van der Waals surface area contributed by atoms with E-state index in [2.05, 4.69) is 41.2 Å². The minimum Gasteiger partial charge on any atom is -0.396 e. The standard InChI is InChI=1S/C16H23N3O/c1-2-19-15-6-4-3-5-13(15)14(18-19)11-16(12-20)7-9-17-10-8-16/h3-6,17,20H,2,7-12H2,1H3. The minimum absolute atomic E-state index is 0.000939. The molecule has 1 aliphatic heterocycles. The van der Waals surface area contributed by atoms with Crippen LogP contribution in [-0.4, -0.2) is 34.6 Å².